The molecule has 8 aromatic rings. The minimum Gasteiger partial charge on any atom is -0.871 e. The Morgan fingerprint density at radius 2 is 1.07 bits per heavy atom. The van der Waals surface area contributed by atoms with Gasteiger partial charge in [-0.05, 0) is 95.7 Å². The fourth-order valence-corrected chi connectivity index (χ4v) is 8.79. The van der Waals surface area contributed by atoms with Gasteiger partial charge in [-0.1, -0.05) is 102 Å². The summed E-state index contributed by atoms with van der Waals surface area (Å²) < 4.78 is 76.9. The molecule has 0 aliphatic carbocycles. The molecule has 23 heteroatoms. The minimum absolute atomic E-state index is 0. The first-order chi connectivity index (χ1) is 34.2. The molecule has 73 heavy (non-hydrogen) atoms. The molecule has 0 aliphatic rings. The van der Waals surface area contributed by atoms with E-state index in [0.29, 0.717) is 55.5 Å². The molecule has 0 spiro atoms. The van der Waals surface area contributed by atoms with E-state index in [2.05, 4.69) is 30.8 Å². The van der Waals surface area contributed by atoms with Gasteiger partial charge in [0, 0.05) is 28.6 Å². The van der Waals surface area contributed by atoms with Gasteiger partial charge in [-0.2, -0.15) is 21.9 Å². The number of carbonyl (C=O) groups is 1. The molecule has 4 N–H and O–H groups in total. The number of fused-ring (bicyclic) bond motifs is 2. The Kier molecular flexibility index (Phi) is 18.1. The number of phenolic OH excluding ortho intramolecular Hbond substituents is 1. The molecule has 0 saturated heterocycles. The SMILES string of the molecule is COc1cccc(N=C([O-])c2cc3ccccc3c(N=Nc3c(S(=O)(=O)O)ccc(C)c3Cl)c2[O-])c1.COc1cccc(NC(=O)c2cc3ccccc3c(N=Nc3c(S(=O)(=O)O)ccc(C)c3Cl)c2O)c1.[Ba+2]. The van der Waals surface area contributed by atoms with Crippen molar-refractivity contribution in [3.63, 3.8) is 0 Å². The number of nitrogens with zero attached hydrogens (tertiary/aromatic N) is 5. The molecular formula is C50H38BaCl2N6O12S2. The van der Waals surface area contributed by atoms with E-state index < -0.39 is 53.3 Å². The summed E-state index contributed by atoms with van der Waals surface area (Å²) in [5.74, 6) is -1.63. The molecule has 0 radical (unpaired) electrons. The van der Waals surface area contributed by atoms with Crippen molar-refractivity contribution in [3.05, 3.63) is 166 Å². The van der Waals surface area contributed by atoms with E-state index in [1.165, 1.54) is 38.5 Å². The Morgan fingerprint density at radius 1 is 0.603 bits per heavy atom. The van der Waals surface area contributed by atoms with Gasteiger partial charge in [0.1, 0.15) is 38.4 Å². The Morgan fingerprint density at radius 3 is 1.60 bits per heavy atom. The summed E-state index contributed by atoms with van der Waals surface area (Å²) in [6, 6.07) is 34.7. The van der Waals surface area contributed by atoms with Crippen molar-refractivity contribution < 1.29 is 55.5 Å². The van der Waals surface area contributed by atoms with E-state index in [0.717, 1.165) is 12.1 Å². The largest absolute Gasteiger partial charge is 2.00 e. The van der Waals surface area contributed by atoms with E-state index in [1.54, 1.807) is 111 Å². The molecule has 0 saturated carbocycles. The number of aliphatic imine (C=N–C) groups is 1. The fraction of sp³-hybridized carbons (Fsp3) is 0.0800. The second-order valence-electron chi connectivity index (χ2n) is 15.4. The van der Waals surface area contributed by atoms with Crippen LogP contribution in [0.1, 0.15) is 27.0 Å². The number of hydrogen-bond donors (Lipinski definition) is 4. The number of anilines is 1. The molecule has 0 atom stereocenters. The van der Waals surface area contributed by atoms with Gasteiger partial charge in [-0.25, -0.2) is 0 Å². The third-order valence-electron chi connectivity index (χ3n) is 10.7. The van der Waals surface area contributed by atoms with Crippen LogP contribution in [0.15, 0.2) is 169 Å². The van der Waals surface area contributed by atoms with E-state index >= 15 is 0 Å². The van der Waals surface area contributed by atoms with Crippen molar-refractivity contribution in [2.75, 3.05) is 19.5 Å². The predicted octanol–water partition coefficient (Wildman–Crippen LogP) is 11.0. The zero-order valence-electron chi connectivity index (χ0n) is 38.7. The molecule has 0 unspecified atom stereocenters. The second-order valence-corrected chi connectivity index (χ2v) is 18.9. The first kappa shape index (κ1) is 55.9. The molecular weight excluding hydrogens is 1150 g/mol. The van der Waals surface area contributed by atoms with Crippen molar-refractivity contribution >= 4 is 160 Å². The summed E-state index contributed by atoms with van der Waals surface area (Å²) in [5.41, 5.74) is 0.448. The van der Waals surface area contributed by atoms with Gasteiger partial charge in [-0.15, -0.1) is 15.3 Å². The van der Waals surface area contributed by atoms with Crippen LogP contribution in [0.4, 0.5) is 34.1 Å². The summed E-state index contributed by atoms with van der Waals surface area (Å²) in [7, 11) is -6.38. The third kappa shape index (κ3) is 12.9. The predicted molar refractivity (Wildman–Crippen MR) is 275 cm³/mol. The summed E-state index contributed by atoms with van der Waals surface area (Å²) in [5, 5.41) is 57.8. The van der Waals surface area contributed by atoms with Gasteiger partial charge in [0.05, 0.1) is 41.2 Å². The first-order valence-corrected chi connectivity index (χ1v) is 24.5. The van der Waals surface area contributed by atoms with Crippen molar-refractivity contribution in [2.24, 2.45) is 25.4 Å². The number of ether oxygens (including phenoxy) is 2. The van der Waals surface area contributed by atoms with Gasteiger partial charge >= 0.3 is 48.9 Å². The van der Waals surface area contributed by atoms with Crippen LogP contribution in [-0.4, -0.2) is 106 Å². The van der Waals surface area contributed by atoms with Gasteiger partial charge < -0.3 is 30.1 Å². The average Bonchev–Trinajstić information content (AvgIpc) is 3.34. The van der Waals surface area contributed by atoms with Crippen molar-refractivity contribution in [1.82, 2.24) is 0 Å². The molecule has 0 aliphatic heterocycles. The minimum atomic E-state index is -4.69. The third-order valence-corrected chi connectivity index (χ3v) is 13.4. The van der Waals surface area contributed by atoms with Crippen molar-refractivity contribution in [3.8, 4) is 23.0 Å². The number of aryl methyl sites for hydroxylation is 2. The molecule has 0 fully saturated rings. The molecule has 0 aromatic heterocycles. The first-order valence-electron chi connectivity index (χ1n) is 20.9. The van der Waals surface area contributed by atoms with Crippen LogP contribution in [0.2, 0.25) is 10.0 Å². The topological polar surface area (TPSA) is 284 Å². The van der Waals surface area contributed by atoms with Crippen LogP contribution in [0.5, 0.6) is 23.0 Å². The van der Waals surface area contributed by atoms with Gasteiger partial charge in [0.15, 0.2) is 5.75 Å². The number of carbonyl (C=O) groups excluding carboxylic acids is 1. The number of phenols is 1. The van der Waals surface area contributed by atoms with Crippen LogP contribution in [-0.2, 0) is 20.2 Å². The maximum Gasteiger partial charge on any atom is 2.00 e. The molecule has 8 rings (SSSR count). The Balaban J connectivity index is 0.000000235. The number of benzene rings is 8. The van der Waals surface area contributed by atoms with Crippen molar-refractivity contribution in [2.45, 2.75) is 23.6 Å². The zero-order chi connectivity index (χ0) is 52.1. The zero-order valence-corrected chi connectivity index (χ0v) is 46.3. The number of halogens is 2. The normalized spacial score (nSPS) is 11.9. The molecule has 8 aromatic carbocycles. The number of methoxy groups -OCH3 is 2. The van der Waals surface area contributed by atoms with Crippen molar-refractivity contribution in [1.29, 1.82) is 0 Å². The van der Waals surface area contributed by atoms with E-state index in [-0.39, 0.29) is 92.8 Å². The molecule has 1 amide bonds. The van der Waals surface area contributed by atoms with E-state index in [1.807, 2.05) is 0 Å². The smallest absolute Gasteiger partial charge is 0.871 e. The van der Waals surface area contributed by atoms with E-state index in [9.17, 15) is 46.1 Å². The quantitative estimate of drug-likeness (QED) is 0.0292. The Labute approximate surface area is 468 Å². The standard InChI is InChI=1S/2C25H20ClN3O6S.Ba/c2*1-14-10-11-20(36(32,33)34)23(21(14)26)29-28-22-18-9-4-3-6-15(18)12-19(24(22)30)25(31)27-16-7-5-8-17(13-16)35-2;/h2*3-13,30H,1-2H3,(H,27,31)(H,32,33,34);/q;;+2/p-2. The van der Waals surface area contributed by atoms with Crippen LogP contribution in [0.3, 0.4) is 0 Å². The number of azo groups is 2. The van der Waals surface area contributed by atoms with Gasteiger partial charge in [0.2, 0.25) is 0 Å². The van der Waals surface area contributed by atoms with Crippen LogP contribution < -0.4 is 25.0 Å². The maximum atomic E-state index is 13.3. The number of hydrogen-bond acceptors (Lipinski definition) is 15. The Bertz CT molecular complexity index is 3790. The summed E-state index contributed by atoms with van der Waals surface area (Å²) >= 11 is 12.5. The second kappa shape index (κ2) is 23.6. The Hall–Kier alpha value is -6.41. The molecule has 0 heterocycles. The maximum absolute atomic E-state index is 13.3. The number of amides is 1. The summed E-state index contributed by atoms with van der Waals surface area (Å²) in [6.07, 6.45) is 0. The van der Waals surface area contributed by atoms with E-state index in [4.69, 9.17) is 32.7 Å². The monoisotopic (exact) mass is 1190 g/mol. The van der Waals surface area contributed by atoms with Crippen LogP contribution >= 0.6 is 23.2 Å². The molecule has 0 bridgehead atoms. The number of rotatable bonds is 12. The van der Waals surface area contributed by atoms with Gasteiger partial charge in [0.25, 0.3) is 26.1 Å². The average molecular weight is 1190 g/mol. The van der Waals surface area contributed by atoms with Gasteiger partial charge in [-0.3, -0.25) is 18.9 Å². The number of nitrogens with one attached hydrogen (secondary N) is 1. The van der Waals surface area contributed by atoms with Crippen LogP contribution in [0, 0.1) is 13.8 Å². The summed E-state index contributed by atoms with van der Waals surface area (Å²) in [4.78, 5) is 16.0. The fourth-order valence-electron chi connectivity index (χ4n) is 7.01. The van der Waals surface area contributed by atoms with Crippen LogP contribution in [0.25, 0.3) is 21.5 Å². The summed E-state index contributed by atoms with van der Waals surface area (Å²) in [6.45, 7) is 3.24. The number of aromatic hydroxyl groups is 1. The molecule has 368 valence electrons. The molecule has 18 nitrogen and oxygen atoms in total.